The number of carbonyl (C=O) groups is 1. The van der Waals surface area contributed by atoms with Crippen LogP contribution >= 0.6 is 22.9 Å². The van der Waals surface area contributed by atoms with Crippen molar-refractivity contribution in [3.63, 3.8) is 0 Å². The van der Waals surface area contributed by atoms with Gasteiger partial charge in [-0.2, -0.15) is 0 Å². The quantitative estimate of drug-likeness (QED) is 0.463. The number of halogens is 1. The van der Waals surface area contributed by atoms with E-state index in [1.54, 1.807) is 6.20 Å². The van der Waals surface area contributed by atoms with E-state index in [1.165, 1.54) is 28.8 Å². The molecule has 6 nitrogen and oxygen atoms in total. The third-order valence-electron chi connectivity index (χ3n) is 6.79. The van der Waals surface area contributed by atoms with Gasteiger partial charge in [-0.3, -0.25) is 4.79 Å². The number of aliphatic hydroxyl groups excluding tert-OH is 1. The van der Waals surface area contributed by atoms with E-state index in [0.29, 0.717) is 22.7 Å². The zero-order chi connectivity index (χ0) is 23.1. The van der Waals surface area contributed by atoms with Crippen molar-refractivity contribution < 1.29 is 9.90 Å². The summed E-state index contributed by atoms with van der Waals surface area (Å²) in [5, 5.41) is 17.8. The smallest absolute Gasteiger partial charge is 0.208 e. The maximum atomic E-state index is 13.5. The van der Waals surface area contributed by atoms with E-state index in [0.717, 1.165) is 34.8 Å². The molecule has 2 aromatic heterocycles. The molecule has 0 spiro atoms. The summed E-state index contributed by atoms with van der Waals surface area (Å²) in [6, 6.07) is 8.15. The van der Waals surface area contributed by atoms with E-state index in [2.05, 4.69) is 33.6 Å². The molecule has 0 bridgehead atoms. The van der Waals surface area contributed by atoms with E-state index >= 15 is 0 Å². The molecule has 0 saturated heterocycles. The van der Waals surface area contributed by atoms with Crippen molar-refractivity contribution in [1.82, 2.24) is 15.3 Å². The molecule has 1 aliphatic carbocycles. The topological polar surface area (TPSA) is 87.1 Å². The van der Waals surface area contributed by atoms with Gasteiger partial charge in [0.25, 0.3) is 0 Å². The summed E-state index contributed by atoms with van der Waals surface area (Å²) in [5.74, 6) is 0.665. The van der Waals surface area contributed by atoms with Crippen LogP contribution in [0.2, 0.25) is 5.02 Å². The van der Waals surface area contributed by atoms with E-state index in [4.69, 9.17) is 11.6 Å². The molecule has 2 aliphatic rings. The molecule has 3 heterocycles. The summed E-state index contributed by atoms with van der Waals surface area (Å²) in [4.78, 5) is 23.7. The Labute approximate surface area is 202 Å². The van der Waals surface area contributed by atoms with Crippen LogP contribution in [0.1, 0.15) is 62.6 Å². The fraction of sp³-hybridized carbons (Fsp3) is 0.400. The van der Waals surface area contributed by atoms with Crippen LogP contribution in [0.5, 0.6) is 0 Å². The van der Waals surface area contributed by atoms with Gasteiger partial charge >= 0.3 is 0 Å². The highest BCUT2D eigenvalue weighted by molar-refractivity contribution is 7.14. The number of ketones is 1. The lowest BCUT2D eigenvalue weighted by Crippen LogP contribution is -2.30. The lowest BCUT2D eigenvalue weighted by atomic mass is 9.90. The summed E-state index contributed by atoms with van der Waals surface area (Å²) in [6.45, 7) is 4.97. The van der Waals surface area contributed by atoms with Crippen LogP contribution in [0.25, 0.3) is 0 Å². The van der Waals surface area contributed by atoms with Crippen molar-refractivity contribution in [3.8, 4) is 0 Å². The van der Waals surface area contributed by atoms with Gasteiger partial charge < -0.3 is 15.7 Å². The standard InChI is InChI=1S/C25H27ClN4O2S/c1-13-7-17(9-21(13)31)30-25-20(11-27-12-29-25)24(32)22-10-18(14(2)33-22)23-19-8-16(26)4-3-15(19)5-6-28-23/h3-4,8,10-13,17,21,23,28,31H,5-7,9H2,1-2H3,(H,27,29,30)/t13-,17-,21-,23+/m1/s1. The van der Waals surface area contributed by atoms with Crippen LogP contribution in [0.4, 0.5) is 5.82 Å². The second-order valence-corrected chi connectivity index (χ2v) is 10.8. The number of aryl methyl sites for hydroxylation is 1. The van der Waals surface area contributed by atoms with Crippen molar-refractivity contribution in [2.24, 2.45) is 5.92 Å². The van der Waals surface area contributed by atoms with Crippen LogP contribution < -0.4 is 10.6 Å². The van der Waals surface area contributed by atoms with Gasteiger partial charge in [0.15, 0.2) is 0 Å². The zero-order valence-corrected chi connectivity index (χ0v) is 20.2. The highest BCUT2D eigenvalue weighted by atomic mass is 35.5. The lowest BCUT2D eigenvalue weighted by molar-refractivity contribution is 0.104. The summed E-state index contributed by atoms with van der Waals surface area (Å²) in [7, 11) is 0. The van der Waals surface area contributed by atoms with E-state index in [1.807, 2.05) is 25.1 Å². The van der Waals surface area contributed by atoms with Gasteiger partial charge in [-0.25, -0.2) is 9.97 Å². The highest BCUT2D eigenvalue weighted by Gasteiger charge is 2.31. The molecule has 4 atom stereocenters. The summed E-state index contributed by atoms with van der Waals surface area (Å²) >= 11 is 7.79. The number of anilines is 1. The molecule has 3 N–H and O–H groups in total. The molecule has 5 rings (SSSR count). The first kappa shape index (κ1) is 22.5. The Morgan fingerprint density at radius 1 is 1.27 bits per heavy atom. The Kier molecular flexibility index (Phi) is 6.22. The third-order valence-corrected chi connectivity index (χ3v) is 8.09. The Hall–Kier alpha value is -2.32. The molecule has 1 aliphatic heterocycles. The number of carbonyl (C=O) groups excluding carboxylic acids is 1. The predicted octanol–water partition coefficient (Wildman–Crippen LogP) is 4.54. The lowest BCUT2D eigenvalue weighted by Gasteiger charge is -2.27. The van der Waals surface area contributed by atoms with Gasteiger partial charge in [-0.05, 0) is 67.0 Å². The first-order chi connectivity index (χ1) is 15.9. The third kappa shape index (κ3) is 4.43. The Morgan fingerprint density at radius 2 is 2.12 bits per heavy atom. The van der Waals surface area contributed by atoms with Crippen LogP contribution in [0.15, 0.2) is 36.8 Å². The Bertz CT molecular complexity index is 1190. The largest absolute Gasteiger partial charge is 0.393 e. The maximum Gasteiger partial charge on any atom is 0.208 e. The normalized spacial score (nSPS) is 24.5. The van der Waals surface area contributed by atoms with Gasteiger partial charge in [0.1, 0.15) is 12.1 Å². The maximum absolute atomic E-state index is 13.5. The first-order valence-electron chi connectivity index (χ1n) is 11.3. The van der Waals surface area contributed by atoms with Gasteiger partial charge in [-0.1, -0.05) is 24.6 Å². The van der Waals surface area contributed by atoms with Gasteiger partial charge in [0.2, 0.25) is 5.78 Å². The van der Waals surface area contributed by atoms with Crippen molar-refractivity contribution in [2.45, 2.75) is 51.3 Å². The number of hydrogen-bond donors (Lipinski definition) is 3. The number of fused-ring (bicyclic) bond motifs is 1. The van der Waals surface area contributed by atoms with Gasteiger partial charge in [0.05, 0.1) is 22.6 Å². The van der Waals surface area contributed by atoms with E-state index < -0.39 is 0 Å². The number of nitrogens with zero attached hydrogens (tertiary/aromatic N) is 2. The van der Waals surface area contributed by atoms with Gasteiger partial charge in [0, 0.05) is 28.7 Å². The van der Waals surface area contributed by atoms with E-state index in [-0.39, 0.29) is 29.9 Å². The molecule has 1 aromatic carbocycles. The number of thiophene rings is 1. The first-order valence-corrected chi connectivity index (χ1v) is 12.5. The second kappa shape index (κ2) is 9.14. The van der Waals surface area contributed by atoms with E-state index in [9.17, 15) is 9.90 Å². The zero-order valence-electron chi connectivity index (χ0n) is 18.6. The van der Waals surface area contributed by atoms with Crippen LogP contribution in [0, 0.1) is 12.8 Å². The predicted molar refractivity (Wildman–Crippen MR) is 131 cm³/mol. The number of nitrogens with one attached hydrogen (secondary N) is 2. The van der Waals surface area contributed by atoms with Crippen LogP contribution in [-0.2, 0) is 6.42 Å². The molecule has 1 saturated carbocycles. The SMILES string of the molecule is Cc1sc(C(=O)c2cncnc2N[C@@H]2C[C@@H](C)[C@H](O)C2)cc1[C@@H]1NCCc2ccc(Cl)cc21. The molecule has 172 valence electrons. The Balaban J connectivity index is 1.43. The number of rotatable bonds is 5. The minimum Gasteiger partial charge on any atom is -0.393 e. The van der Waals surface area contributed by atoms with Gasteiger partial charge in [-0.15, -0.1) is 11.3 Å². The van der Waals surface area contributed by atoms with Crippen molar-refractivity contribution in [2.75, 3.05) is 11.9 Å². The molecule has 0 amide bonds. The van der Waals surface area contributed by atoms with Crippen LogP contribution in [-0.4, -0.2) is 39.5 Å². The molecule has 33 heavy (non-hydrogen) atoms. The summed E-state index contributed by atoms with van der Waals surface area (Å²) in [6.07, 6.45) is 5.15. The average molecular weight is 483 g/mol. The average Bonchev–Trinajstić information content (AvgIpc) is 3.34. The fourth-order valence-electron chi connectivity index (χ4n) is 4.98. The molecular weight excluding hydrogens is 456 g/mol. The number of aromatic nitrogens is 2. The molecule has 0 radical (unpaired) electrons. The number of benzene rings is 1. The van der Waals surface area contributed by atoms with Crippen LogP contribution in [0.3, 0.4) is 0 Å². The molecule has 8 heteroatoms. The van der Waals surface area contributed by atoms with Crippen molar-refractivity contribution in [3.05, 3.63) is 73.8 Å². The molecular formula is C25H27ClN4O2S. The molecule has 3 aromatic rings. The molecule has 1 fully saturated rings. The summed E-state index contributed by atoms with van der Waals surface area (Å²) < 4.78 is 0. The molecule has 0 unspecified atom stereocenters. The fourth-order valence-corrected chi connectivity index (χ4v) is 6.17. The van der Waals surface area contributed by atoms with Crippen molar-refractivity contribution in [1.29, 1.82) is 0 Å². The number of aliphatic hydroxyl groups is 1. The minimum atomic E-state index is -0.328. The Morgan fingerprint density at radius 3 is 2.91 bits per heavy atom. The summed E-state index contributed by atoms with van der Waals surface area (Å²) in [5.41, 5.74) is 4.02. The second-order valence-electron chi connectivity index (χ2n) is 9.07. The minimum absolute atomic E-state index is 0.0105. The monoisotopic (exact) mass is 482 g/mol. The van der Waals surface area contributed by atoms with Crippen molar-refractivity contribution >= 4 is 34.5 Å². The number of hydrogen-bond acceptors (Lipinski definition) is 7. The highest BCUT2D eigenvalue weighted by Crippen LogP contribution is 2.37.